The van der Waals surface area contributed by atoms with Gasteiger partial charge in [0.05, 0.1) is 11.4 Å². The molecule has 5 heteroatoms. The van der Waals surface area contributed by atoms with Gasteiger partial charge in [-0.15, -0.1) is 0 Å². The molecule has 0 heterocycles. The third-order valence-electron chi connectivity index (χ3n) is 4.04. The minimum absolute atomic E-state index is 0.000141. The van der Waals surface area contributed by atoms with Crippen molar-refractivity contribution in [3.05, 3.63) is 23.8 Å². The molecule has 1 aromatic rings. The minimum Gasteiger partial charge on any atom is -0.330 e. The summed E-state index contributed by atoms with van der Waals surface area (Å²) in [6.45, 7) is 3.95. The van der Waals surface area contributed by atoms with Crippen molar-refractivity contribution in [2.24, 2.45) is 17.6 Å². The molecule has 21 heavy (non-hydrogen) atoms. The molecule has 0 spiro atoms. The van der Waals surface area contributed by atoms with Crippen molar-refractivity contribution < 1.29 is 9.59 Å². The lowest BCUT2D eigenvalue weighted by Crippen LogP contribution is -2.30. The highest BCUT2D eigenvalue weighted by molar-refractivity contribution is 6.00. The Morgan fingerprint density at radius 2 is 2.00 bits per heavy atom. The number of benzene rings is 1. The molecule has 2 atom stereocenters. The van der Waals surface area contributed by atoms with Crippen LogP contribution in [0.1, 0.15) is 31.7 Å². The molecule has 0 aliphatic heterocycles. The van der Waals surface area contributed by atoms with E-state index in [1.807, 2.05) is 19.1 Å². The van der Waals surface area contributed by atoms with Crippen molar-refractivity contribution in [3.8, 4) is 0 Å². The number of carbonyl (C=O) groups is 2. The predicted molar refractivity (Wildman–Crippen MR) is 84.0 cm³/mol. The van der Waals surface area contributed by atoms with Gasteiger partial charge in [-0.1, -0.05) is 12.5 Å². The summed E-state index contributed by atoms with van der Waals surface area (Å²) in [5.41, 5.74) is 8.05. The van der Waals surface area contributed by atoms with Gasteiger partial charge in [-0.25, -0.2) is 0 Å². The summed E-state index contributed by atoms with van der Waals surface area (Å²) in [7, 11) is 0. The summed E-state index contributed by atoms with van der Waals surface area (Å²) in [6, 6.07) is 5.58. The van der Waals surface area contributed by atoms with Gasteiger partial charge in [-0.2, -0.15) is 0 Å². The number of aryl methyl sites for hydroxylation is 1. The summed E-state index contributed by atoms with van der Waals surface area (Å²) < 4.78 is 0. The summed E-state index contributed by atoms with van der Waals surface area (Å²) in [4.78, 5) is 23.7. The first-order valence-electron chi connectivity index (χ1n) is 7.40. The minimum atomic E-state index is -0.157. The second-order valence-electron chi connectivity index (χ2n) is 5.75. The van der Waals surface area contributed by atoms with Gasteiger partial charge in [0.2, 0.25) is 11.8 Å². The molecule has 2 rings (SSSR count). The molecule has 1 aliphatic carbocycles. The highest BCUT2D eigenvalue weighted by Gasteiger charge is 2.32. The Bertz CT molecular complexity index is 542. The average Bonchev–Trinajstić information content (AvgIpc) is 2.90. The SMILES string of the molecule is CC(=O)Nc1ccc(C)cc1NC(=O)[C@@H]1CCC[C@@H]1CN. The molecule has 0 aromatic heterocycles. The second kappa shape index (κ2) is 6.72. The monoisotopic (exact) mass is 289 g/mol. The van der Waals surface area contributed by atoms with E-state index in [1.54, 1.807) is 6.07 Å². The fourth-order valence-corrected chi connectivity index (χ4v) is 2.95. The van der Waals surface area contributed by atoms with E-state index < -0.39 is 0 Å². The maximum atomic E-state index is 12.5. The predicted octanol–water partition coefficient (Wildman–Crippen LogP) is 2.27. The number of anilines is 2. The summed E-state index contributed by atoms with van der Waals surface area (Å²) in [5.74, 6) is 0.0786. The van der Waals surface area contributed by atoms with E-state index in [2.05, 4.69) is 10.6 Å². The van der Waals surface area contributed by atoms with E-state index in [4.69, 9.17) is 5.73 Å². The molecular formula is C16H23N3O2. The Balaban J connectivity index is 2.16. The number of hydrogen-bond donors (Lipinski definition) is 3. The van der Waals surface area contributed by atoms with Gasteiger partial charge in [-0.3, -0.25) is 9.59 Å². The van der Waals surface area contributed by atoms with Crippen molar-refractivity contribution in [3.63, 3.8) is 0 Å². The van der Waals surface area contributed by atoms with Crippen LogP contribution in [0.15, 0.2) is 18.2 Å². The van der Waals surface area contributed by atoms with Gasteiger partial charge >= 0.3 is 0 Å². The number of carbonyl (C=O) groups excluding carboxylic acids is 2. The lowest BCUT2D eigenvalue weighted by molar-refractivity contribution is -0.120. The number of nitrogens with two attached hydrogens (primary N) is 1. The van der Waals surface area contributed by atoms with Crippen molar-refractivity contribution in [1.29, 1.82) is 0 Å². The fraction of sp³-hybridized carbons (Fsp3) is 0.500. The van der Waals surface area contributed by atoms with Crippen LogP contribution in [0, 0.1) is 18.8 Å². The number of amides is 2. The van der Waals surface area contributed by atoms with Gasteiger partial charge in [0.25, 0.3) is 0 Å². The molecule has 5 nitrogen and oxygen atoms in total. The van der Waals surface area contributed by atoms with E-state index in [0.29, 0.717) is 17.9 Å². The van der Waals surface area contributed by atoms with Gasteiger partial charge in [0.15, 0.2) is 0 Å². The number of nitrogens with one attached hydrogen (secondary N) is 2. The maximum absolute atomic E-state index is 12.5. The van der Waals surface area contributed by atoms with Crippen LogP contribution in [0.4, 0.5) is 11.4 Å². The molecule has 1 saturated carbocycles. The zero-order valence-corrected chi connectivity index (χ0v) is 12.6. The molecular weight excluding hydrogens is 266 g/mol. The zero-order valence-electron chi connectivity index (χ0n) is 12.6. The van der Waals surface area contributed by atoms with Crippen LogP contribution in [0.25, 0.3) is 0 Å². The van der Waals surface area contributed by atoms with Gasteiger partial charge < -0.3 is 16.4 Å². The van der Waals surface area contributed by atoms with Crippen molar-refractivity contribution in [1.82, 2.24) is 0 Å². The first kappa shape index (κ1) is 15.5. The Morgan fingerprint density at radius 1 is 1.24 bits per heavy atom. The topological polar surface area (TPSA) is 84.2 Å². The number of hydrogen-bond acceptors (Lipinski definition) is 3. The van der Waals surface area contributed by atoms with Gasteiger partial charge in [0.1, 0.15) is 0 Å². The molecule has 4 N–H and O–H groups in total. The summed E-state index contributed by atoms with van der Waals surface area (Å²) in [6.07, 6.45) is 2.95. The maximum Gasteiger partial charge on any atom is 0.227 e. The first-order chi connectivity index (χ1) is 10.0. The highest BCUT2D eigenvalue weighted by Crippen LogP contribution is 2.33. The summed E-state index contributed by atoms with van der Waals surface area (Å²) >= 11 is 0. The van der Waals surface area contributed by atoms with Crippen LogP contribution >= 0.6 is 0 Å². The molecule has 114 valence electrons. The third kappa shape index (κ3) is 3.82. The number of rotatable bonds is 4. The molecule has 2 amide bonds. The van der Waals surface area contributed by atoms with E-state index in [1.165, 1.54) is 6.92 Å². The van der Waals surface area contributed by atoms with Crippen molar-refractivity contribution in [2.75, 3.05) is 17.2 Å². The summed E-state index contributed by atoms with van der Waals surface area (Å²) in [5, 5.41) is 5.70. The van der Waals surface area contributed by atoms with E-state index >= 15 is 0 Å². The first-order valence-corrected chi connectivity index (χ1v) is 7.40. The molecule has 1 aromatic carbocycles. The van der Waals surface area contributed by atoms with Crippen LogP contribution in [0.3, 0.4) is 0 Å². The molecule has 0 bridgehead atoms. The molecule has 1 fully saturated rings. The molecule has 0 radical (unpaired) electrons. The third-order valence-corrected chi connectivity index (χ3v) is 4.04. The van der Waals surface area contributed by atoms with Crippen LogP contribution in [-0.4, -0.2) is 18.4 Å². The van der Waals surface area contributed by atoms with Crippen molar-refractivity contribution in [2.45, 2.75) is 33.1 Å². The standard InChI is InChI=1S/C16H23N3O2/c1-10-6-7-14(18-11(2)20)15(8-10)19-16(21)13-5-3-4-12(13)9-17/h6-8,12-13H,3-5,9,17H2,1-2H3,(H,18,20)(H,19,21)/t12-,13-/m1/s1. The molecule has 0 unspecified atom stereocenters. The largest absolute Gasteiger partial charge is 0.330 e. The smallest absolute Gasteiger partial charge is 0.227 e. The average molecular weight is 289 g/mol. The Hall–Kier alpha value is -1.88. The van der Waals surface area contributed by atoms with Crippen LogP contribution in [0.5, 0.6) is 0 Å². The van der Waals surface area contributed by atoms with Crippen LogP contribution in [-0.2, 0) is 9.59 Å². The van der Waals surface area contributed by atoms with Gasteiger partial charge in [-0.05, 0) is 49.9 Å². The van der Waals surface area contributed by atoms with Gasteiger partial charge in [0, 0.05) is 12.8 Å². The zero-order chi connectivity index (χ0) is 15.4. The molecule has 1 aliphatic rings. The Kier molecular flexibility index (Phi) is 4.96. The molecule has 0 saturated heterocycles. The normalized spacial score (nSPS) is 21.1. The van der Waals surface area contributed by atoms with Crippen LogP contribution in [0.2, 0.25) is 0 Å². The van der Waals surface area contributed by atoms with E-state index in [9.17, 15) is 9.59 Å². The van der Waals surface area contributed by atoms with E-state index in [0.717, 1.165) is 24.8 Å². The Morgan fingerprint density at radius 3 is 2.67 bits per heavy atom. The quantitative estimate of drug-likeness (QED) is 0.795. The van der Waals surface area contributed by atoms with E-state index in [-0.39, 0.29) is 23.7 Å². The fourth-order valence-electron chi connectivity index (χ4n) is 2.95. The second-order valence-corrected chi connectivity index (χ2v) is 5.75. The Labute approximate surface area is 125 Å². The lowest BCUT2D eigenvalue weighted by atomic mass is 9.95. The van der Waals surface area contributed by atoms with Crippen molar-refractivity contribution >= 4 is 23.2 Å². The lowest BCUT2D eigenvalue weighted by Gasteiger charge is -2.19. The highest BCUT2D eigenvalue weighted by atomic mass is 16.2. The van der Waals surface area contributed by atoms with Crippen LogP contribution < -0.4 is 16.4 Å².